The van der Waals surface area contributed by atoms with Gasteiger partial charge in [-0.3, -0.25) is 0 Å². The van der Waals surface area contributed by atoms with Gasteiger partial charge in [0.25, 0.3) is 0 Å². The molecule has 0 aromatic rings. The first kappa shape index (κ1) is 12.3. The molecule has 88 valence electrons. The van der Waals surface area contributed by atoms with Crippen LogP contribution in [0.5, 0.6) is 0 Å². The highest BCUT2D eigenvalue weighted by Crippen LogP contribution is 2.02. The number of hydrogen-bond donors (Lipinski definition) is 1. The highest BCUT2D eigenvalue weighted by atomic mass is 16.2. The third-order valence-electron chi connectivity index (χ3n) is 3.02. The number of urea groups is 1. The van der Waals surface area contributed by atoms with Crippen molar-refractivity contribution in [2.45, 2.75) is 32.7 Å². The van der Waals surface area contributed by atoms with Gasteiger partial charge in [-0.1, -0.05) is 0 Å². The first-order valence-corrected chi connectivity index (χ1v) is 5.84. The van der Waals surface area contributed by atoms with E-state index < -0.39 is 0 Å². The zero-order valence-electron chi connectivity index (χ0n) is 10.1. The molecule has 0 bridgehead atoms. The number of carbonyl (C=O) groups is 1. The van der Waals surface area contributed by atoms with Gasteiger partial charge in [0, 0.05) is 25.7 Å². The van der Waals surface area contributed by atoms with Gasteiger partial charge in [-0.15, -0.1) is 0 Å². The molecular formula is C11H23N3O. The number of carbonyl (C=O) groups excluding carboxylic acids is 1. The maximum absolute atomic E-state index is 11.2. The molecule has 1 fully saturated rings. The summed E-state index contributed by atoms with van der Waals surface area (Å²) >= 11 is 0. The van der Waals surface area contributed by atoms with E-state index in [1.165, 1.54) is 6.42 Å². The van der Waals surface area contributed by atoms with E-state index in [0.717, 1.165) is 32.6 Å². The molecular weight excluding hydrogens is 190 g/mol. The number of amides is 2. The number of unbranched alkanes of at least 4 members (excludes halogenated alkanes) is 1. The molecule has 4 heteroatoms. The van der Waals surface area contributed by atoms with E-state index in [1.54, 1.807) is 0 Å². The van der Waals surface area contributed by atoms with Crippen molar-refractivity contribution in [3.05, 3.63) is 0 Å². The standard InChI is InChI=1S/C11H23N3O/c1-10(2)13(3)7-4-5-8-14-9-6-12-11(14)15/h10H,4-9H2,1-3H3,(H,12,15). The van der Waals surface area contributed by atoms with Gasteiger partial charge in [0.2, 0.25) is 0 Å². The van der Waals surface area contributed by atoms with Gasteiger partial charge in [0.05, 0.1) is 0 Å². The molecule has 1 aliphatic heterocycles. The summed E-state index contributed by atoms with van der Waals surface area (Å²) < 4.78 is 0. The van der Waals surface area contributed by atoms with Crippen molar-refractivity contribution in [3.63, 3.8) is 0 Å². The maximum atomic E-state index is 11.2. The van der Waals surface area contributed by atoms with E-state index in [1.807, 2.05) is 4.90 Å². The molecule has 1 saturated heterocycles. The van der Waals surface area contributed by atoms with E-state index in [4.69, 9.17) is 0 Å². The minimum Gasteiger partial charge on any atom is -0.336 e. The second-order valence-electron chi connectivity index (χ2n) is 4.50. The number of hydrogen-bond acceptors (Lipinski definition) is 2. The summed E-state index contributed by atoms with van der Waals surface area (Å²) in [5, 5.41) is 2.81. The molecule has 0 aliphatic carbocycles. The van der Waals surface area contributed by atoms with Crippen LogP contribution in [0.15, 0.2) is 0 Å². The Morgan fingerprint density at radius 2 is 2.20 bits per heavy atom. The van der Waals surface area contributed by atoms with Gasteiger partial charge >= 0.3 is 6.03 Å². The van der Waals surface area contributed by atoms with Crippen LogP contribution in [0.1, 0.15) is 26.7 Å². The summed E-state index contributed by atoms with van der Waals surface area (Å²) in [6.45, 7) is 8.11. The fourth-order valence-electron chi connectivity index (χ4n) is 1.65. The lowest BCUT2D eigenvalue weighted by atomic mass is 10.2. The average molecular weight is 213 g/mol. The minimum atomic E-state index is 0.104. The zero-order valence-corrected chi connectivity index (χ0v) is 10.1. The smallest absolute Gasteiger partial charge is 0.317 e. The largest absolute Gasteiger partial charge is 0.336 e. The van der Waals surface area contributed by atoms with E-state index in [9.17, 15) is 4.79 Å². The highest BCUT2D eigenvalue weighted by Gasteiger charge is 2.18. The van der Waals surface area contributed by atoms with E-state index in [0.29, 0.717) is 6.04 Å². The number of nitrogens with zero attached hydrogens (tertiary/aromatic N) is 2. The lowest BCUT2D eigenvalue weighted by Crippen LogP contribution is -2.30. The first-order chi connectivity index (χ1) is 7.11. The van der Waals surface area contributed by atoms with Crippen molar-refractivity contribution in [2.24, 2.45) is 0 Å². The van der Waals surface area contributed by atoms with Gasteiger partial charge in [0.15, 0.2) is 0 Å². The molecule has 2 amide bonds. The number of rotatable bonds is 6. The average Bonchev–Trinajstić information content (AvgIpc) is 2.58. The molecule has 0 saturated carbocycles. The van der Waals surface area contributed by atoms with Crippen LogP contribution in [0.3, 0.4) is 0 Å². The molecule has 1 heterocycles. The van der Waals surface area contributed by atoms with Crippen LogP contribution in [-0.2, 0) is 0 Å². The Bertz CT molecular complexity index is 206. The Morgan fingerprint density at radius 3 is 2.73 bits per heavy atom. The van der Waals surface area contributed by atoms with Crippen LogP contribution in [0.4, 0.5) is 4.79 Å². The summed E-state index contributed by atoms with van der Waals surface area (Å²) in [5.41, 5.74) is 0. The van der Waals surface area contributed by atoms with E-state index >= 15 is 0 Å². The maximum Gasteiger partial charge on any atom is 0.317 e. The molecule has 4 nitrogen and oxygen atoms in total. The lowest BCUT2D eigenvalue weighted by molar-refractivity contribution is 0.214. The second-order valence-corrected chi connectivity index (χ2v) is 4.50. The molecule has 0 radical (unpaired) electrons. The fourth-order valence-corrected chi connectivity index (χ4v) is 1.65. The van der Waals surface area contributed by atoms with Crippen molar-refractivity contribution >= 4 is 6.03 Å². The Morgan fingerprint density at radius 1 is 1.47 bits per heavy atom. The molecule has 1 aliphatic rings. The van der Waals surface area contributed by atoms with E-state index in [2.05, 4.69) is 31.1 Å². The summed E-state index contributed by atoms with van der Waals surface area (Å²) in [6, 6.07) is 0.715. The van der Waals surface area contributed by atoms with Crippen LogP contribution in [0.25, 0.3) is 0 Å². The molecule has 1 N–H and O–H groups in total. The summed E-state index contributed by atoms with van der Waals surface area (Å²) in [5.74, 6) is 0. The third kappa shape index (κ3) is 4.08. The third-order valence-corrected chi connectivity index (χ3v) is 3.02. The van der Waals surface area contributed by atoms with Gasteiger partial charge in [0.1, 0.15) is 0 Å². The van der Waals surface area contributed by atoms with Crippen molar-refractivity contribution in [2.75, 3.05) is 33.2 Å². The molecule has 0 aromatic heterocycles. The molecule has 1 rings (SSSR count). The van der Waals surface area contributed by atoms with Gasteiger partial charge in [-0.05, 0) is 40.3 Å². The van der Waals surface area contributed by atoms with Crippen LogP contribution >= 0.6 is 0 Å². The molecule has 15 heavy (non-hydrogen) atoms. The second kappa shape index (κ2) is 5.95. The predicted octanol–water partition coefficient (Wildman–Crippen LogP) is 1.13. The quantitative estimate of drug-likeness (QED) is 0.671. The first-order valence-electron chi connectivity index (χ1n) is 5.84. The topological polar surface area (TPSA) is 35.6 Å². The Kier molecular flexibility index (Phi) is 4.88. The van der Waals surface area contributed by atoms with Crippen molar-refractivity contribution in [1.29, 1.82) is 0 Å². The molecule has 0 unspecified atom stereocenters. The zero-order chi connectivity index (χ0) is 11.3. The Labute approximate surface area is 92.6 Å². The summed E-state index contributed by atoms with van der Waals surface area (Å²) in [6.07, 6.45) is 2.27. The van der Waals surface area contributed by atoms with Gasteiger partial charge in [-0.25, -0.2) is 4.79 Å². The Balaban J connectivity index is 2.04. The Hall–Kier alpha value is -0.770. The normalized spacial score (nSPS) is 16.6. The predicted molar refractivity (Wildman–Crippen MR) is 62.0 cm³/mol. The van der Waals surface area contributed by atoms with Crippen LogP contribution < -0.4 is 5.32 Å². The molecule has 0 atom stereocenters. The summed E-state index contributed by atoms with van der Waals surface area (Å²) in [4.78, 5) is 15.5. The molecule has 0 spiro atoms. The fraction of sp³-hybridized carbons (Fsp3) is 0.909. The van der Waals surface area contributed by atoms with Crippen LogP contribution in [-0.4, -0.2) is 55.1 Å². The van der Waals surface area contributed by atoms with Crippen molar-refractivity contribution < 1.29 is 4.79 Å². The highest BCUT2D eigenvalue weighted by molar-refractivity contribution is 5.76. The van der Waals surface area contributed by atoms with Crippen molar-refractivity contribution in [3.8, 4) is 0 Å². The van der Waals surface area contributed by atoms with Crippen molar-refractivity contribution in [1.82, 2.24) is 15.1 Å². The molecule has 0 aromatic carbocycles. The van der Waals surface area contributed by atoms with Crippen LogP contribution in [0.2, 0.25) is 0 Å². The monoisotopic (exact) mass is 213 g/mol. The van der Waals surface area contributed by atoms with Gasteiger partial charge < -0.3 is 15.1 Å². The summed E-state index contributed by atoms with van der Waals surface area (Å²) in [7, 11) is 2.15. The number of nitrogens with one attached hydrogen (secondary N) is 1. The van der Waals surface area contributed by atoms with Gasteiger partial charge in [-0.2, -0.15) is 0 Å². The minimum absolute atomic E-state index is 0.104. The lowest BCUT2D eigenvalue weighted by Gasteiger charge is -2.21. The van der Waals surface area contributed by atoms with Crippen LogP contribution in [0, 0.1) is 0 Å². The van der Waals surface area contributed by atoms with E-state index in [-0.39, 0.29) is 6.03 Å². The SMILES string of the molecule is CC(C)N(C)CCCCN1CCNC1=O.